The number of hydrogen-bond acceptors (Lipinski definition) is 4. The number of aromatic nitrogens is 2. The second-order valence-electron chi connectivity index (χ2n) is 7.44. The highest BCUT2D eigenvalue weighted by molar-refractivity contribution is 7.14. The van der Waals surface area contributed by atoms with E-state index in [4.69, 9.17) is 11.6 Å². The number of pyridine rings is 1. The molecule has 0 amide bonds. The van der Waals surface area contributed by atoms with Crippen LogP contribution in [0.2, 0.25) is 5.02 Å². The van der Waals surface area contributed by atoms with Gasteiger partial charge < -0.3 is 9.88 Å². The van der Waals surface area contributed by atoms with E-state index in [2.05, 4.69) is 10.3 Å². The molecule has 0 aliphatic heterocycles. The molecule has 0 atom stereocenters. The number of nitrogens with one attached hydrogen (secondary N) is 1. The van der Waals surface area contributed by atoms with Gasteiger partial charge in [-0.25, -0.2) is 4.98 Å². The topological polar surface area (TPSA) is 46.9 Å². The average Bonchev–Trinajstić information content (AvgIpc) is 3.30. The van der Waals surface area contributed by atoms with Crippen LogP contribution in [0.4, 0.5) is 5.13 Å². The zero-order valence-corrected chi connectivity index (χ0v) is 19.0. The number of benzene rings is 3. The van der Waals surface area contributed by atoms with Crippen LogP contribution in [-0.2, 0) is 6.54 Å². The number of fused-ring (bicyclic) bond motifs is 1. The number of nitrogens with zero attached hydrogens (tertiary/aromatic N) is 2. The molecule has 5 rings (SSSR count). The second kappa shape index (κ2) is 8.61. The number of hydrogen-bond donors (Lipinski definition) is 1. The van der Waals surface area contributed by atoms with Crippen molar-refractivity contribution in [3.8, 4) is 22.4 Å². The van der Waals surface area contributed by atoms with E-state index in [0.29, 0.717) is 22.8 Å². The number of anilines is 1. The molecular weight excluding hydrogens is 438 g/mol. The Bertz CT molecular complexity index is 1460. The van der Waals surface area contributed by atoms with E-state index in [9.17, 15) is 4.79 Å². The number of rotatable bonds is 5. The summed E-state index contributed by atoms with van der Waals surface area (Å²) in [6.45, 7) is 0.461. The van der Waals surface area contributed by atoms with Gasteiger partial charge in [0.25, 0.3) is 5.56 Å². The van der Waals surface area contributed by atoms with Gasteiger partial charge in [-0.1, -0.05) is 72.3 Å². The molecule has 5 aromatic rings. The summed E-state index contributed by atoms with van der Waals surface area (Å²) in [7, 11) is 1.83. The molecule has 0 bridgehead atoms. The summed E-state index contributed by atoms with van der Waals surface area (Å²) in [6.07, 6.45) is 0. The Morgan fingerprint density at radius 2 is 1.69 bits per heavy atom. The maximum atomic E-state index is 14.0. The first kappa shape index (κ1) is 20.5. The summed E-state index contributed by atoms with van der Waals surface area (Å²) in [4.78, 5) is 18.7. The van der Waals surface area contributed by atoms with Crippen molar-refractivity contribution in [1.29, 1.82) is 0 Å². The first-order chi connectivity index (χ1) is 15.7. The predicted molar refractivity (Wildman–Crippen MR) is 135 cm³/mol. The minimum atomic E-state index is -0.0736. The van der Waals surface area contributed by atoms with Gasteiger partial charge in [-0.05, 0) is 29.3 Å². The maximum absolute atomic E-state index is 14.0. The highest BCUT2D eigenvalue weighted by Gasteiger charge is 2.22. The largest absolute Gasteiger partial charge is 0.365 e. The van der Waals surface area contributed by atoms with Gasteiger partial charge in [-0.3, -0.25) is 4.79 Å². The molecule has 3 aromatic carbocycles. The summed E-state index contributed by atoms with van der Waals surface area (Å²) < 4.78 is 1.82. The summed E-state index contributed by atoms with van der Waals surface area (Å²) in [5.74, 6) is 0. The van der Waals surface area contributed by atoms with Crippen LogP contribution in [0.15, 0.2) is 89.0 Å². The lowest BCUT2D eigenvalue weighted by atomic mass is 9.94. The van der Waals surface area contributed by atoms with Gasteiger partial charge in [0.05, 0.1) is 23.3 Å². The fourth-order valence-corrected chi connectivity index (χ4v) is 4.83. The molecule has 0 aliphatic rings. The minimum Gasteiger partial charge on any atom is -0.365 e. The molecule has 158 valence electrons. The zero-order chi connectivity index (χ0) is 22.1. The lowest BCUT2D eigenvalue weighted by molar-refractivity contribution is 0.796. The normalized spacial score (nSPS) is 11.1. The molecule has 0 unspecified atom stereocenters. The SMILES string of the molecule is CNc1nc(-c2c(-c3ccccc3)c3cc(Cl)ccc3n(Cc3ccccc3)c2=O)cs1. The second-order valence-corrected chi connectivity index (χ2v) is 8.74. The van der Waals surface area contributed by atoms with Crippen LogP contribution in [-0.4, -0.2) is 16.6 Å². The summed E-state index contributed by atoms with van der Waals surface area (Å²) >= 11 is 7.92. The van der Waals surface area contributed by atoms with Crippen LogP contribution < -0.4 is 10.9 Å². The van der Waals surface area contributed by atoms with Crippen LogP contribution >= 0.6 is 22.9 Å². The van der Waals surface area contributed by atoms with Gasteiger partial charge in [0, 0.05) is 28.4 Å². The van der Waals surface area contributed by atoms with Crippen molar-refractivity contribution in [2.45, 2.75) is 6.54 Å². The van der Waals surface area contributed by atoms with E-state index in [-0.39, 0.29) is 5.56 Å². The number of halogens is 1. The van der Waals surface area contributed by atoms with Gasteiger partial charge in [0.1, 0.15) is 0 Å². The fraction of sp³-hybridized carbons (Fsp3) is 0.0769. The van der Waals surface area contributed by atoms with E-state index in [1.807, 2.05) is 95.9 Å². The van der Waals surface area contributed by atoms with E-state index in [1.54, 1.807) is 0 Å². The molecule has 0 spiro atoms. The molecule has 0 radical (unpaired) electrons. The first-order valence-corrected chi connectivity index (χ1v) is 11.5. The Morgan fingerprint density at radius 1 is 0.969 bits per heavy atom. The van der Waals surface area contributed by atoms with Gasteiger partial charge in [0.15, 0.2) is 5.13 Å². The van der Waals surface area contributed by atoms with Crippen molar-refractivity contribution < 1.29 is 0 Å². The van der Waals surface area contributed by atoms with Crippen LogP contribution in [0.25, 0.3) is 33.3 Å². The van der Waals surface area contributed by atoms with E-state index in [1.165, 1.54) is 11.3 Å². The zero-order valence-electron chi connectivity index (χ0n) is 17.4. The van der Waals surface area contributed by atoms with Crippen LogP contribution in [0, 0.1) is 0 Å². The monoisotopic (exact) mass is 457 g/mol. The molecule has 1 N–H and O–H groups in total. The average molecular weight is 458 g/mol. The standard InChI is InChI=1S/C26H20ClN3OS/c1-28-26-29-21(16-32-26)24-23(18-10-6-3-7-11-18)20-14-19(27)12-13-22(20)30(25(24)31)15-17-8-4-2-5-9-17/h2-14,16H,15H2,1H3,(H,28,29). The van der Waals surface area contributed by atoms with Gasteiger partial charge >= 0.3 is 0 Å². The van der Waals surface area contributed by atoms with Crippen molar-refractivity contribution in [2.24, 2.45) is 0 Å². The van der Waals surface area contributed by atoms with E-state index in [0.717, 1.165) is 32.7 Å². The van der Waals surface area contributed by atoms with Gasteiger partial charge in [0.2, 0.25) is 0 Å². The van der Waals surface area contributed by atoms with Crippen molar-refractivity contribution >= 4 is 39.0 Å². The molecule has 0 fully saturated rings. The van der Waals surface area contributed by atoms with Crippen LogP contribution in [0.5, 0.6) is 0 Å². The third kappa shape index (κ3) is 3.70. The highest BCUT2D eigenvalue weighted by atomic mass is 35.5. The van der Waals surface area contributed by atoms with E-state index < -0.39 is 0 Å². The molecule has 4 nitrogen and oxygen atoms in total. The van der Waals surface area contributed by atoms with Gasteiger partial charge in [-0.15, -0.1) is 11.3 Å². The predicted octanol–water partition coefficient (Wildman–Crippen LogP) is 6.54. The quantitative estimate of drug-likeness (QED) is 0.326. The molecule has 6 heteroatoms. The Labute approximate surface area is 194 Å². The Balaban J connectivity index is 1.90. The van der Waals surface area contributed by atoms with Crippen LogP contribution in [0.3, 0.4) is 0 Å². The first-order valence-electron chi connectivity index (χ1n) is 10.2. The third-order valence-corrected chi connectivity index (χ3v) is 6.54. The van der Waals surface area contributed by atoms with Crippen molar-refractivity contribution in [3.63, 3.8) is 0 Å². The molecular formula is C26H20ClN3OS. The highest BCUT2D eigenvalue weighted by Crippen LogP contribution is 2.38. The molecule has 0 aliphatic carbocycles. The number of thiazole rings is 1. The van der Waals surface area contributed by atoms with Crippen molar-refractivity contribution in [1.82, 2.24) is 9.55 Å². The minimum absolute atomic E-state index is 0.0736. The van der Waals surface area contributed by atoms with Crippen LogP contribution in [0.1, 0.15) is 5.56 Å². The van der Waals surface area contributed by atoms with Crippen molar-refractivity contribution in [3.05, 3.63) is 105 Å². The third-order valence-electron chi connectivity index (χ3n) is 5.45. The maximum Gasteiger partial charge on any atom is 0.261 e. The molecule has 2 aromatic heterocycles. The summed E-state index contributed by atoms with van der Waals surface area (Å²) in [5.41, 5.74) is 4.87. The molecule has 0 saturated heterocycles. The lowest BCUT2D eigenvalue weighted by Crippen LogP contribution is -2.24. The van der Waals surface area contributed by atoms with Crippen molar-refractivity contribution in [2.75, 3.05) is 12.4 Å². The smallest absolute Gasteiger partial charge is 0.261 e. The van der Waals surface area contributed by atoms with E-state index >= 15 is 0 Å². The molecule has 0 saturated carbocycles. The molecule has 2 heterocycles. The Hall–Kier alpha value is -3.41. The summed E-state index contributed by atoms with van der Waals surface area (Å²) in [5, 5.41) is 7.32. The Morgan fingerprint density at radius 3 is 2.38 bits per heavy atom. The lowest BCUT2D eigenvalue weighted by Gasteiger charge is -2.18. The Kier molecular flexibility index (Phi) is 5.52. The molecule has 32 heavy (non-hydrogen) atoms. The fourth-order valence-electron chi connectivity index (χ4n) is 4.00. The van der Waals surface area contributed by atoms with Gasteiger partial charge in [-0.2, -0.15) is 0 Å². The summed E-state index contributed by atoms with van der Waals surface area (Å²) in [6, 6.07) is 25.7.